The smallest absolute Gasteiger partial charge is 0.222 e. The molecule has 1 fully saturated rings. The first-order valence-corrected chi connectivity index (χ1v) is 9.02. The minimum absolute atomic E-state index is 0.198. The van der Waals surface area contributed by atoms with Gasteiger partial charge in [-0.2, -0.15) is 0 Å². The first kappa shape index (κ1) is 15.3. The van der Waals surface area contributed by atoms with E-state index in [4.69, 9.17) is 20.3 Å². The van der Waals surface area contributed by atoms with Gasteiger partial charge in [0.2, 0.25) is 11.7 Å². The molecule has 1 aliphatic carbocycles. The number of hydroxylamine groups is 2. The number of hydrogen-bond donors (Lipinski definition) is 1. The number of nitrogens with two attached hydrogens (primary N) is 1. The lowest BCUT2D eigenvalue weighted by atomic mass is 9.82. The third-order valence-corrected chi connectivity index (χ3v) is 5.90. The first-order chi connectivity index (χ1) is 11.0. The lowest BCUT2D eigenvalue weighted by molar-refractivity contribution is -0.203. The normalized spacial score (nSPS) is 35.5. The van der Waals surface area contributed by atoms with E-state index in [0.29, 0.717) is 18.3 Å². The summed E-state index contributed by atoms with van der Waals surface area (Å²) in [7, 11) is 1.80. The van der Waals surface area contributed by atoms with Crippen molar-refractivity contribution < 1.29 is 9.57 Å². The van der Waals surface area contributed by atoms with E-state index >= 15 is 0 Å². The molecule has 1 saturated carbocycles. The summed E-state index contributed by atoms with van der Waals surface area (Å²) in [5.41, 5.74) is 6.00. The molecule has 124 valence electrons. The van der Waals surface area contributed by atoms with Gasteiger partial charge in [0.05, 0.1) is 5.56 Å². The molecule has 3 unspecified atom stereocenters. The van der Waals surface area contributed by atoms with Crippen molar-refractivity contribution in [3.8, 4) is 5.75 Å². The molecule has 5 nitrogen and oxygen atoms in total. The van der Waals surface area contributed by atoms with Crippen LogP contribution in [0.1, 0.15) is 44.6 Å². The summed E-state index contributed by atoms with van der Waals surface area (Å²) >= 11 is 3.54. The molecule has 1 aromatic carbocycles. The highest BCUT2D eigenvalue weighted by Crippen LogP contribution is 2.55. The topological polar surface area (TPSA) is 60.1 Å². The van der Waals surface area contributed by atoms with Gasteiger partial charge < -0.3 is 10.5 Å². The Morgan fingerprint density at radius 1 is 1.48 bits per heavy atom. The summed E-state index contributed by atoms with van der Waals surface area (Å²) in [5.74, 6) is 1.99. The van der Waals surface area contributed by atoms with Crippen LogP contribution in [0, 0.1) is 5.92 Å². The molecule has 0 bridgehead atoms. The van der Waals surface area contributed by atoms with Gasteiger partial charge in [0, 0.05) is 17.9 Å². The van der Waals surface area contributed by atoms with Crippen LogP contribution < -0.4 is 10.5 Å². The van der Waals surface area contributed by atoms with Gasteiger partial charge in [0.15, 0.2) is 0 Å². The van der Waals surface area contributed by atoms with Crippen molar-refractivity contribution in [1.82, 2.24) is 5.06 Å². The zero-order valence-corrected chi connectivity index (χ0v) is 15.1. The Kier molecular flexibility index (Phi) is 3.39. The summed E-state index contributed by atoms with van der Waals surface area (Å²) in [5, 5.41) is 1.57. The van der Waals surface area contributed by atoms with Crippen LogP contribution in [0.5, 0.6) is 5.75 Å². The van der Waals surface area contributed by atoms with Crippen LogP contribution in [-0.2, 0) is 10.6 Å². The Balaban J connectivity index is 1.81. The molecule has 4 rings (SSSR count). The van der Waals surface area contributed by atoms with E-state index < -0.39 is 5.72 Å². The molecule has 2 heterocycles. The molecule has 1 aromatic rings. The number of ether oxygens (including phenoxy) is 1. The number of fused-ring (bicyclic) bond motifs is 2. The van der Waals surface area contributed by atoms with Crippen molar-refractivity contribution >= 4 is 21.9 Å². The molecule has 0 aromatic heterocycles. The summed E-state index contributed by atoms with van der Waals surface area (Å²) in [6.45, 7) is 2.25. The van der Waals surface area contributed by atoms with Crippen LogP contribution in [0.3, 0.4) is 0 Å². The summed E-state index contributed by atoms with van der Waals surface area (Å²) in [6.07, 6.45) is 5.21. The molecule has 0 radical (unpaired) electrons. The van der Waals surface area contributed by atoms with Gasteiger partial charge in [-0.3, -0.25) is 0 Å². The standard InChI is InChI=1S/C17H22BrN3O2/c1-3-11-6-7-16(9-11)10-17(20-15(19)21(2)23-17)13-8-12(18)4-5-14(13)22-16/h4-5,8,11H,3,6-7,9-10H2,1-2H3,(H2,19,20). The van der Waals surface area contributed by atoms with E-state index in [-0.39, 0.29) is 5.60 Å². The Morgan fingerprint density at radius 3 is 2.96 bits per heavy atom. The van der Waals surface area contributed by atoms with Crippen LogP contribution in [0.4, 0.5) is 0 Å². The molecule has 23 heavy (non-hydrogen) atoms. The molecular formula is C17H22BrN3O2. The SMILES string of the molecule is CCC1CCC2(C1)CC1(N=C(N)N(C)O1)c1cc(Br)ccc1O2. The number of rotatable bonds is 1. The molecule has 0 saturated heterocycles. The molecule has 6 heteroatoms. The number of guanidine groups is 1. The quantitative estimate of drug-likeness (QED) is 0.810. The predicted octanol–water partition coefficient (Wildman–Crippen LogP) is 3.53. The van der Waals surface area contributed by atoms with Gasteiger partial charge in [0.1, 0.15) is 11.4 Å². The van der Waals surface area contributed by atoms with E-state index in [1.165, 1.54) is 12.8 Å². The van der Waals surface area contributed by atoms with Gasteiger partial charge >= 0.3 is 0 Å². The summed E-state index contributed by atoms with van der Waals surface area (Å²) in [4.78, 5) is 10.9. The number of nitrogens with zero attached hydrogens (tertiary/aromatic N) is 2. The first-order valence-electron chi connectivity index (χ1n) is 8.22. The minimum Gasteiger partial charge on any atom is -0.487 e. The van der Waals surface area contributed by atoms with Gasteiger partial charge in [-0.15, -0.1) is 0 Å². The van der Waals surface area contributed by atoms with Crippen molar-refractivity contribution in [1.29, 1.82) is 0 Å². The van der Waals surface area contributed by atoms with E-state index in [1.54, 1.807) is 12.1 Å². The third kappa shape index (κ3) is 2.34. The zero-order valence-electron chi connectivity index (χ0n) is 13.5. The fourth-order valence-corrected chi connectivity index (χ4v) is 4.59. The van der Waals surface area contributed by atoms with E-state index in [0.717, 1.165) is 28.6 Å². The highest BCUT2D eigenvalue weighted by atomic mass is 79.9. The molecule has 3 atom stereocenters. The fraction of sp³-hybridized carbons (Fsp3) is 0.588. The van der Waals surface area contributed by atoms with Crippen molar-refractivity contribution in [3.05, 3.63) is 28.2 Å². The Bertz CT molecular complexity index is 680. The number of hydrogen-bond acceptors (Lipinski definition) is 5. The van der Waals surface area contributed by atoms with Crippen molar-refractivity contribution in [2.24, 2.45) is 16.6 Å². The second-order valence-electron chi connectivity index (χ2n) is 6.96. The van der Waals surface area contributed by atoms with E-state index in [2.05, 4.69) is 22.9 Å². The average Bonchev–Trinajstić information content (AvgIpc) is 3.02. The highest BCUT2D eigenvalue weighted by molar-refractivity contribution is 9.10. The van der Waals surface area contributed by atoms with Gasteiger partial charge in [-0.1, -0.05) is 29.3 Å². The molecule has 0 amide bonds. The second kappa shape index (κ2) is 5.11. The number of halogens is 1. The van der Waals surface area contributed by atoms with Crippen molar-refractivity contribution in [2.45, 2.75) is 50.4 Å². The molecule has 2 N–H and O–H groups in total. The molecule has 2 spiro atoms. The fourth-order valence-electron chi connectivity index (χ4n) is 4.23. The third-order valence-electron chi connectivity index (χ3n) is 5.40. The van der Waals surface area contributed by atoms with Gasteiger partial charge in [0.25, 0.3) is 0 Å². The summed E-state index contributed by atoms with van der Waals surface area (Å²) < 4.78 is 7.48. The maximum absolute atomic E-state index is 6.50. The van der Waals surface area contributed by atoms with Crippen LogP contribution in [0.15, 0.2) is 27.7 Å². The number of aliphatic imine (C=N–C) groups is 1. The molecule has 2 aliphatic heterocycles. The summed E-state index contributed by atoms with van der Waals surface area (Å²) in [6, 6.07) is 6.04. The Hall–Kier alpha value is -1.27. The zero-order chi connectivity index (χ0) is 16.2. The van der Waals surface area contributed by atoms with Crippen LogP contribution in [0.25, 0.3) is 0 Å². The lowest BCUT2D eigenvalue weighted by Crippen LogP contribution is -2.47. The predicted molar refractivity (Wildman–Crippen MR) is 91.9 cm³/mol. The Morgan fingerprint density at radius 2 is 2.30 bits per heavy atom. The molecule has 3 aliphatic rings. The Labute approximate surface area is 144 Å². The van der Waals surface area contributed by atoms with Crippen molar-refractivity contribution in [2.75, 3.05) is 7.05 Å². The minimum atomic E-state index is -0.765. The van der Waals surface area contributed by atoms with Crippen LogP contribution >= 0.6 is 15.9 Å². The average molecular weight is 380 g/mol. The van der Waals surface area contributed by atoms with E-state index in [1.807, 2.05) is 18.2 Å². The monoisotopic (exact) mass is 379 g/mol. The van der Waals surface area contributed by atoms with Gasteiger partial charge in [-0.05, 0) is 43.4 Å². The van der Waals surface area contributed by atoms with E-state index in [9.17, 15) is 0 Å². The second-order valence-corrected chi connectivity index (χ2v) is 7.88. The maximum Gasteiger partial charge on any atom is 0.222 e. The van der Waals surface area contributed by atoms with Gasteiger partial charge in [-0.25, -0.2) is 14.9 Å². The van der Waals surface area contributed by atoms with Crippen LogP contribution in [0.2, 0.25) is 0 Å². The highest BCUT2D eigenvalue weighted by Gasteiger charge is 2.56. The maximum atomic E-state index is 6.50. The van der Waals surface area contributed by atoms with Crippen molar-refractivity contribution in [3.63, 3.8) is 0 Å². The molecular weight excluding hydrogens is 358 g/mol. The van der Waals surface area contributed by atoms with Crippen LogP contribution in [-0.4, -0.2) is 23.7 Å². The largest absolute Gasteiger partial charge is 0.487 e. The number of benzene rings is 1. The lowest BCUT2D eigenvalue weighted by Gasteiger charge is -2.43.